The van der Waals surface area contributed by atoms with E-state index < -0.39 is 15.8 Å². The molecule has 2 aromatic rings. The van der Waals surface area contributed by atoms with E-state index in [2.05, 4.69) is 15.3 Å². The number of aromatic nitrogens is 4. The van der Waals surface area contributed by atoms with Gasteiger partial charge in [-0.25, -0.2) is 17.9 Å². The van der Waals surface area contributed by atoms with Crippen LogP contribution in [-0.2, 0) is 16.4 Å². The molecule has 20 heavy (non-hydrogen) atoms. The molecular formula is C11H12N4O4S. The SMILES string of the molecule is CS(=O)(=O)CCn1nnc(C(=O)O)c1-c1ccccn1. The predicted octanol–water partition coefficient (Wildman–Crippen LogP) is 0.0829. The van der Waals surface area contributed by atoms with Crippen LogP contribution in [0.5, 0.6) is 0 Å². The summed E-state index contributed by atoms with van der Waals surface area (Å²) in [5, 5.41) is 16.4. The second-order valence-electron chi connectivity index (χ2n) is 4.16. The van der Waals surface area contributed by atoms with Crippen LogP contribution in [0.3, 0.4) is 0 Å². The summed E-state index contributed by atoms with van der Waals surface area (Å²) in [5.74, 6) is -1.40. The van der Waals surface area contributed by atoms with E-state index in [0.717, 1.165) is 6.26 Å². The fourth-order valence-electron chi connectivity index (χ4n) is 1.62. The maximum absolute atomic E-state index is 11.2. The number of rotatable bonds is 5. The molecule has 0 radical (unpaired) electrons. The summed E-state index contributed by atoms with van der Waals surface area (Å²) < 4.78 is 23.6. The average molecular weight is 296 g/mol. The van der Waals surface area contributed by atoms with E-state index in [-0.39, 0.29) is 23.7 Å². The lowest BCUT2D eigenvalue weighted by molar-refractivity contribution is 0.0691. The first kappa shape index (κ1) is 14.1. The normalized spacial score (nSPS) is 11.4. The van der Waals surface area contributed by atoms with E-state index in [9.17, 15) is 13.2 Å². The Bertz CT molecular complexity index is 724. The number of hydrogen-bond donors (Lipinski definition) is 1. The highest BCUT2D eigenvalue weighted by atomic mass is 32.2. The van der Waals surface area contributed by atoms with Gasteiger partial charge >= 0.3 is 5.97 Å². The zero-order valence-electron chi connectivity index (χ0n) is 10.6. The summed E-state index contributed by atoms with van der Waals surface area (Å²) in [6, 6.07) is 5.00. The predicted molar refractivity (Wildman–Crippen MR) is 69.9 cm³/mol. The van der Waals surface area contributed by atoms with Crippen LogP contribution in [0, 0.1) is 0 Å². The molecule has 0 saturated carbocycles. The molecule has 0 fully saturated rings. The third-order valence-electron chi connectivity index (χ3n) is 2.52. The standard InChI is InChI=1S/C11H12N4O4S/c1-20(18,19)7-6-15-10(8-4-2-3-5-12-8)9(11(16)17)13-14-15/h2-5H,6-7H2,1H3,(H,16,17). The Hall–Kier alpha value is -2.29. The average Bonchev–Trinajstić information content (AvgIpc) is 2.80. The molecule has 8 nitrogen and oxygen atoms in total. The van der Waals surface area contributed by atoms with Gasteiger partial charge in [0.25, 0.3) is 0 Å². The van der Waals surface area contributed by atoms with Gasteiger partial charge < -0.3 is 5.11 Å². The van der Waals surface area contributed by atoms with Gasteiger partial charge in [-0.15, -0.1) is 5.10 Å². The lowest BCUT2D eigenvalue weighted by atomic mass is 10.2. The number of aryl methyl sites for hydroxylation is 1. The molecule has 2 heterocycles. The largest absolute Gasteiger partial charge is 0.476 e. The van der Waals surface area contributed by atoms with Crippen molar-refractivity contribution in [3.63, 3.8) is 0 Å². The molecule has 0 bridgehead atoms. The highest BCUT2D eigenvalue weighted by Gasteiger charge is 2.21. The molecule has 106 valence electrons. The Morgan fingerprint density at radius 1 is 1.40 bits per heavy atom. The Morgan fingerprint density at radius 3 is 2.70 bits per heavy atom. The van der Waals surface area contributed by atoms with Crippen LogP contribution in [0.25, 0.3) is 11.4 Å². The van der Waals surface area contributed by atoms with Crippen LogP contribution >= 0.6 is 0 Å². The highest BCUT2D eigenvalue weighted by molar-refractivity contribution is 7.90. The van der Waals surface area contributed by atoms with E-state index >= 15 is 0 Å². The summed E-state index contributed by atoms with van der Waals surface area (Å²) in [6.45, 7) is 0.0189. The zero-order chi connectivity index (χ0) is 14.8. The summed E-state index contributed by atoms with van der Waals surface area (Å²) in [5.41, 5.74) is 0.322. The van der Waals surface area contributed by atoms with Crippen molar-refractivity contribution in [3.05, 3.63) is 30.1 Å². The Morgan fingerprint density at radius 2 is 2.15 bits per heavy atom. The van der Waals surface area contributed by atoms with Gasteiger partial charge in [0.15, 0.2) is 5.69 Å². The Kier molecular flexibility index (Phi) is 3.79. The van der Waals surface area contributed by atoms with Crippen LogP contribution in [-0.4, -0.2) is 51.5 Å². The molecule has 0 saturated heterocycles. The van der Waals surface area contributed by atoms with Gasteiger partial charge in [-0.05, 0) is 12.1 Å². The van der Waals surface area contributed by atoms with Crippen molar-refractivity contribution < 1.29 is 18.3 Å². The van der Waals surface area contributed by atoms with Crippen LogP contribution in [0.4, 0.5) is 0 Å². The number of aromatic carboxylic acids is 1. The minimum atomic E-state index is -3.19. The summed E-state index contributed by atoms with van der Waals surface area (Å²) in [6.07, 6.45) is 2.61. The molecule has 0 spiro atoms. The Balaban J connectivity index is 2.46. The van der Waals surface area contributed by atoms with Crippen molar-refractivity contribution in [1.29, 1.82) is 0 Å². The van der Waals surface area contributed by atoms with Gasteiger partial charge in [0.05, 0.1) is 18.0 Å². The fourth-order valence-corrected chi connectivity index (χ4v) is 2.13. The van der Waals surface area contributed by atoms with Gasteiger partial charge in [0, 0.05) is 12.5 Å². The lowest BCUT2D eigenvalue weighted by Crippen LogP contribution is -2.14. The van der Waals surface area contributed by atoms with Crippen LogP contribution in [0.2, 0.25) is 0 Å². The van der Waals surface area contributed by atoms with Crippen molar-refractivity contribution in [2.24, 2.45) is 0 Å². The second kappa shape index (κ2) is 5.37. The van der Waals surface area contributed by atoms with Crippen LogP contribution in [0.15, 0.2) is 24.4 Å². The minimum absolute atomic E-state index is 0.0189. The molecule has 0 aromatic carbocycles. The van der Waals surface area contributed by atoms with Gasteiger partial charge in [0.1, 0.15) is 15.5 Å². The number of carboxylic acids is 1. The molecule has 0 aliphatic rings. The number of pyridine rings is 1. The molecule has 2 rings (SSSR count). The monoisotopic (exact) mass is 296 g/mol. The molecule has 9 heteroatoms. The molecule has 0 atom stereocenters. The first-order valence-electron chi connectivity index (χ1n) is 5.64. The molecular weight excluding hydrogens is 284 g/mol. The first-order valence-corrected chi connectivity index (χ1v) is 7.70. The van der Waals surface area contributed by atoms with Gasteiger partial charge in [-0.1, -0.05) is 11.3 Å². The summed E-state index contributed by atoms with van der Waals surface area (Å²) >= 11 is 0. The molecule has 2 aromatic heterocycles. The van der Waals surface area contributed by atoms with E-state index in [0.29, 0.717) is 5.69 Å². The second-order valence-corrected chi connectivity index (χ2v) is 6.42. The zero-order valence-corrected chi connectivity index (χ0v) is 11.4. The minimum Gasteiger partial charge on any atom is -0.476 e. The topological polar surface area (TPSA) is 115 Å². The Labute approximate surface area is 115 Å². The lowest BCUT2D eigenvalue weighted by Gasteiger charge is -2.05. The molecule has 0 aliphatic heterocycles. The third-order valence-corrected chi connectivity index (χ3v) is 3.44. The van der Waals surface area contributed by atoms with Crippen LogP contribution in [0.1, 0.15) is 10.5 Å². The highest BCUT2D eigenvalue weighted by Crippen LogP contribution is 2.19. The van der Waals surface area contributed by atoms with E-state index in [1.807, 2.05) is 0 Å². The molecule has 1 N–H and O–H groups in total. The van der Waals surface area contributed by atoms with E-state index in [4.69, 9.17) is 5.11 Å². The fraction of sp³-hybridized carbons (Fsp3) is 0.273. The smallest absolute Gasteiger partial charge is 0.358 e. The van der Waals surface area contributed by atoms with Gasteiger partial charge in [-0.3, -0.25) is 4.98 Å². The third kappa shape index (κ3) is 3.18. The number of nitrogens with zero attached hydrogens (tertiary/aromatic N) is 4. The van der Waals surface area contributed by atoms with Crippen LogP contribution < -0.4 is 0 Å². The maximum Gasteiger partial charge on any atom is 0.358 e. The summed E-state index contributed by atoms with van der Waals surface area (Å²) in [7, 11) is -3.19. The van der Waals surface area contributed by atoms with Crippen molar-refractivity contribution in [2.45, 2.75) is 6.54 Å². The van der Waals surface area contributed by atoms with Crippen molar-refractivity contribution in [3.8, 4) is 11.4 Å². The number of carboxylic acid groups (broad SMARTS) is 1. The number of hydrogen-bond acceptors (Lipinski definition) is 6. The first-order chi connectivity index (χ1) is 9.38. The number of carbonyl (C=O) groups is 1. The quantitative estimate of drug-likeness (QED) is 0.830. The molecule has 0 aliphatic carbocycles. The van der Waals surface area contributed by atoms with E-state index in [1.54, 1.807) is 18.2 Å². The van der Waals surface area contributed by atoms with Gasteiger partial charge in [-0.2, -0.15) is 0 Å². The summed E-state index contributed by atoms with van der Waals surface area (Å²) in [4.78, 5) is 15.2. The van der Waals surface area contributed by atoms with Gasteiger partial charge in [0.2, 0.25) is 0 Å². The number of sulfone groups is 1. The van der Waals surface area contributed by atoms with Crippen molar-refractivity contribution in [1.82, 2.24) is 20.0 Å². The van der Waals surface area contributed by atoms with E-state index in [1.165, 1.54) is 10.9 Å². The molecule has 0 unspecified atom stereocenters. The van der Waals surface area contributed by atoms with Crippen molar-refractivity contribution in [2.75, 3.05) is 12.0 Å². The maximum atomic E-state index is 11.2. The van der Waals surface area contributed by atoms with Crippen molar-refractivity contribution >= 4 is 15.8 Å². The molecule has 0 amide bonds.